The van der Waals surface area contributed by atoms with E-state index in [2.05, 4.69) is 0 Å². The summed E-state index contributed by atoms with van der Waals surface area (Å²) < 4.78 is 43.7. The molecule has 0 radical (unpaired) electrons. The van der Waals surface area contributed by atoms with E-state index in [1.54, 1.807) is 6.07 Å². The van der Waals surface area contributed by atoms with Crippen molar-refractivity contribution in [2.75, 3.05) is 19.7 Å². The smallest absolute Gasteiger partial charge is 0.310 e. The molecule has 1 heterocycles. The largest absolute Gasteiger partial charge is 0.450 e. The van der Waals surface area contributed by atoms with Crippen LogP contribution in [0.25, 0.3) is 0 Å². The van der Waals surface area contributed by atoms with E-state index in [1.807, 2.05) is 0 Å². The first-order valence-corrected chi connectivity index (χ1v) is 8.18. The fourth-order valence-electron chi connectivity index (χ4n) is 2.31. The molecule has 0 amide bonds. The minimum atomic E-state index is -3.68. The fourth-order valence-corrected chi connectivity index (χ4v) is 3.78. The minimum Gasteiger partial charge on any atom is -0.450 e. The summed E-state index contributed by atoms with van der Waals surface area (Å²) in [4.78, 5) is 11.7. The van der Waals surface area contributed by atoms with Crippen LogP contribution in [0.2, 0.25) is 0 Å². The second-order valence-electron chi connectivity index (χ2n) is 4.90. The van der Waals surface area contributed by atoms with Crippen LogP contribution in [0.5, 0.6) is 0 Å². The van der Waals surface area contributed by atoms with Crippen molar-refractivity contribution >= 4 is 16.0 Å². The van der Waals surface area contributed by atoms with Crippen LogP contribution in [0.1, 0.15) is 12.8 Å². The molecule has 1 aromatic carbocycles. The number of rotatable bonds is 4. The number of hydrogen-bond donors (Lipinski definition) is 0. The normalized spacial score (nSPS) is 16.9. The molecule has 1 aliphatic heterocycles. The van der Waals surface area contributed by atoms with E-state index >= 15 is 0 Å². The number of hydrogen-bond acceptors (Lipinski definition) is 5. The van der Waals surface area contributed by atoms with E-state index in [0.717, 1.165) is 12.1 Å². The molecule has 8 heteroatoms. The van der Waals surface area contributed by atoms with E-state index in [0.29, 0.717) is 12.8 Å². The highest BCUT2D eigenvalue weighted by Crippen LogP contribution is 2.24. The molecule has 0 aliphatic carbocycles. The number of ether oxygens (including phenoxy) is 1. The van der Waals surface area contributed by atoms with E-state index in [1.165, 1.54) is 16.4 Å². The van der Waals surface area contributed by atoms with Crippen LogP contribution in [0, 0.1) is 23.1 Å². The highest BCUT2D eigenvalue weighted by atomic mass is 32.2. The molecule has 1 fully saturated rings. The van der Waals surface area contributed by atoms with Gasteiger partial charge in [0.1, 0.15) is 11.9 Å². The number of sulfonamides is 1. The number of nitriles is 1. The number of carbonyl (C=O) groups excluding carboxylic acids is 1. The van der Waals surface area contributed by atoms with E-state index < -0.39 is 27.7 Å². The van der Waals surface area contributed by atoms with Crippen molar-refractivity contribution in [1.29, 1.82) is 5.26 Å². The maximum Gasteiger partial charge on any atom is 0.310 e. The Hall–Kier alpha value is -1.98. The van der Waals surface area contributed by atoms with Gasteiger partial charge in [0.05, 0.1) is 10.8 Å². The number of nitrogens with zero attached hydrogens (tertiary/aromatic N) is 2. The average Bonchev–Trinajstić information content (AvgIpc) is 2.53. The van der Waals surface area contributed by atoms with Crippen molar-refractivity contribution in [3.63, 3.8) is 0 Å². The zero-order valence-electron chi connectivity index (χ0n) is 11.7. The first-order valence-electron chi connectivity index (χ1n) is 6.74. The second kappa shape index (κ2) is 6.85. The lowest BCUT2D eigenvalue weighted by molar-refractivity contribution is -0.148. The predicted molar refractivity (Wildman–Crippen MR) is 74.5 cm³/mol. The zero-order chi connectivity index (χ0) is 16.2. The summed E-state index contributed by atoms with van der Waals surface area (Å²) in [5.41, 5.74) is 0. The first-order chi connectivity index (χ1) is 10.4. The molecule has 1 aliphatic rings. The monoisotopic (exact) mass is 326 g/mol. The molecule has 0 spiro atoms. The first kappa shape index (κ1) is 16.4. The van der Waals surface area contributed by atoms with Crippen molar-refractivity contribution in [3.05, 3.63) is 30.1 Å². The molecule has 0 saturated carbocycles. The van der Waals surface area contributed by atoms with Gasteiger partial charge in [0.2, 0.25) is 10.0 Å². The van der Waals surface area contributed by atoms with Gasteiger partial charge in [-0.3, -0.25) is 4.79 Å². The summed E-state index contributed by atoms with van der Waals surface area (Å²) in [6.07, 6.45) is 0.676. The quantitative estimate of drug-likeness (QED) is 0.778. The summed E-state index contributed by atoms with van der Waals surface area (Å²) in [5, 5.41) is 8.37. The molecule has 0 bridgehead atoms. The Balaban J connectivity index is 2.00. The summed E-state index contributed by atoms with van der Waals surface area (Å²) in [6.45, 7) is 0.0744. The van der Waals surface area contributed by atoms with E-state index in [4.69, 9.17) is 10.00 Å². The highest BCUT2D eigenvalue weighted by Gasteiger charge is 2.32. The van der Waals surface area contributed by atoms with E-state index in [9.17, 15) is 17.6 Å². The van der Waals surface area contributed by atoms with Gasteiger partial charge in [-0.05, 0) is 37.1 Å². The molecular weight excluding hydrogens is 311 g/mol. The lowest BCUT2D eigenvalue weighted by Gasteiger charge is -2.29. The molecule has 22 heavy (non-hydrogen) atoms. The standard InChI is InChI=1S/C14H15FN2O4S/c15-12-1-3-13(4-2-12)22(19,20)17-8-5-11(6-9-17)14(18)21-10-7-16/h1-4,11H,5-6,8-10H2. The van der Waals surface area contributed by atoms with Gasteiger partial charge in [-0.2, -0.15) is 9.57 Å². The van der Waals surface area contributed by atoms with Crippen LogP contribution in [-0.4, -0.2) is 38.4 Å². The molecule has 0 unspecified atom stereocenters. The maximum atomic E-state index is 12.9. The van der Waals surface area contributed by atoms with Crippen LogP contribution in [0.3, 0.4) is 0 Å². The Morgan fingerprint density at radius 3 is 2.45 bits per heavy atom. The van der Waals surface area contributed by atoms with Crippen LogP contribution in [-0.2, 0) is 19.6 Å². The summed E-state index contributed by atoms with van der Waals surface area (Å²) in [7, 11) is -3.68. The summed E-state index contributed by atoms with van der Waals surface area (Å²) in [6, 6.07) is 6.35. The molecule has 6 nitrogen and oxygen atoms in total. The van der Waals surface area contributed by atoms with Crippen LogP contribution in [0.4, 0.5) is 4.39 Å². The SMILES string of the molecule is N#CCOC(=O)C1CCN(S(=O)(=O)c2ccc(F)cc2)CC1. The molecular formula is C14H15FN2O4S. The van der Waals surface area contributed by atoms with Gasteiger partial charge >= 0.3 is 5.97 Å². The number of carbonyl (C=O) groups is 1. The van der Waals surface area contributed by atoms with Crippen LogP contribution in [0.15, 0.2) is 29.2 Å². The molecule has 0 atom stereocenters. The Kier molecular flexibility index (Phi) is 5.11. The third kappa shape index (κ3) is 3.61. The van der Waals surface area contributed by atoms with Crippen molar-refractivity contribution in [2.45, 2.75) is 17.7 Å². The molecule has 1 saturated heterocycles. The molecule has 0 N–H and O–H groups in total. The number of piperidine rings is 1. The van der Waals surface area contributed by atoms with Gasteiger partial charge in [-0.1, -0.05) is 0 Å². The number of benzene rings is 1. The lowest BCUT2D eigenvalue weighted by atomic mass is 9.98. The number of esters is 1. The van der Waals surface area contributed by atoms with Crippen molar-refractivity contribution in [3.8, 4) is 6.07 Å². The van der Waals surface area contributed by atoms with Gasteiger partial charge in [0.15, 0.2) is 6.61 Å². The maximum absolute atomic E-state index is 12.9. The van der Waals surface area contributed by atoms with Crippen molar-refractivity contribution < 1.29 is 22.3 Å². The number of halogens is 1. The Labute approximate surface area is 128 Å². The third-order valence-electron chi connectivity index (χ3n) is 3.52. The van der Waals surface area contributed by atoms with Crippen LogP contribution >= 0.6 is 0 Å². The van der Waals surface area contributed by atoms with Gasteiger partial charge in [0.25, 0.3) is 0 Å². The topological polar surface area (TPSA) is 87.5 Å². The van der Waals surface area contributed by atoms with Gasteiger partial charge < -0.3 is 4.74 Å². The molecule has 0 aromatic heterocycles. The highest BCUT2D eigenvalue weighted by molar-refractivity contribution is 7.89. The predicted octanol–water partition coefficient (Wildman–Crippen LogP) is 1.29. The fraction of sp³-hybridized carbons (Fsp3) is 0.429. The molecule has 2 rings (SSSR count). The van der Waals surface area contributed by atoms with Crippen LogP contribution < -0.4 is 0 Å². The van der Waals surface area contributed by atoms with E-state index in [-0.39, 0.29) is 24.6 Å². The summed E-state index contributed by atoms with van der Waals surface area (Å²) >= 11 is 0. The van der Waals surface area contributed by atoms with Crippen molar-refractivity contribution in [1.82, 2.24) is 4.31 Å². The van der Waals surface area contributed by atoms with Gasteiger partial charge in [-0.25, -0.2) is 12.8 Å². The third-order valence-corrected chi connectivity index (χ3v) is 5.43. The Bertz CT molecular complexity index is 674. The summed E-state index contributed by atoms with van der Waals surface area (Å²) in [5.74, 6) is -1.37. The van der Waals surface area contributed by atoms with Gasteiger partial charge in [0, 0.05) is 13.1 Å². The Morgan fingerprint density at radius 1 is 1.32 bits per heavy atom. The molecule has 1 aromatic rings. The average molecular weight is 326 g/mol. The zero-order valence-corrected chi connectivity index (χ0v) is 12.6. The van der Waals surface area contributed by atoms with Crippen molar-refractivity contribution in [2.24, 2.45) is 5.92 Å². The van der Waals surface area contributed by atoms with Gasteiger partial charge in [-0.15, -0.1) is 0 Å². The Morgan fingerprint density at radius 2 is 1.91 bits per heavy atom. The lowest BCUT2D eigenvalue weighted by Crippen LogP contribution is -2.40. The second-order valence-corrected chi connectivity index (χ2v) is 6.84. The minimum absolute atomic E-state index is 0.0272. The molecule has 118 valence electrons.